The molecule has 0 saturated carbocycles. The average molecular weight is 556 g/mol. The number of rotatable bonds is 7. The third-order valence-electron chi connectivity index (χ3n) is 7.01. The van der Waals surface area contributed by atoms with Crippen molar-refractivity contribution in [1.82, 2.24) is 19.8 Å². The first kappa shape index (κ1) is 28.8. The summed E-state index contributed by atoms with van der Waals surface area (Å²) in [5.74, 6) is 1.52. The van der Waals surface area contributed by atoms with Crippen LogP contribution >= 0.6 is 24.2 Å². The molecule has 2 aromatic heterocycles. The Hall–Kier alpha value is -2.20. The first-order valence-corrected chi connectivity index (χ1v) is 14.1. The molecular weight excluding hydrogens is 518 g/mol. The van der Waals surface area contributed by atoms with Gasteiger partial charge in [-0.2, -0.15) is 12.6 Å². The van der Waals surface area contributed by atoms with Crippen LogP contribution in [0.4, 0.5) is 0 Å². The molecule has 1 saturated heterocycles. The van der Waals surface area contributed by atoms with Crippen LogP contribution in [0.25, 0.3) is 0 Å². The van der Waals surface area contributed by atoms with E-state index in [1.54, 1.807) is 13.3 Å². The molecule has 4 heterocycles. The lowest BCUT2D eigenvalue weighted by Crippen LogP contribution is -2.57. The molecule has 2 N–H and O–H groups in total. The summed E-state index contributed by atoms with van der Waals surface area (Å²) >= 11 is 10.7. The number of fused-ring (bicyclic) bond motifs is 2. The lowest BCUT2D eigenvalue weighted by atomic mass is 9.95. The Kier molecular flexibility index (Phi) is 10.8. The van der Waals surface area contributed by atoms with Gasteiger partial charge in [-0.15, -0.1) is 0 Å². The van der Waals surface area contributed by atoms with Gasteiger partial charge in [-0.05, 0) is 43.2 Å². The molecule has 2 aliphatic rings. The maximum absolute atomic E-state index is 6.29. The minimum Gasteiger partial charge on any atom is -0.488 e. The average Bonchev–Trinajstić information content (AvgIpc) is 3.10. The lowest BCUT2D eigenvalue weighted by molar-refractivity contribution is 0.0361. The summed E-state index contributed by atoms with van der Waals surface area (Å²) in [6, 6.07) is 14.4. The molecule has 0 spiro atoms. The molecule has 3 aromatic rings. The van der Waals surface area contributed by atoms with Crippen LogP contribution in [0.15, 0.2) is 61.1 Å². The van der Waals surface area contributed by atoms with Gasteiger partial charge in [-0.3, -0.25) is 19.8 Å². The number of nitrogens with two attached hydrogens (primary N) is 1. The summed E-state index contributed by atoms with van der Waals surface area (Å²) in [7, 11) is 1.76. The Morgan fingerprint density at radius 2 is 2.05 bits per heavy atom. The van der Waals surface area contributed by atoms with E-state index in [0.29, 0.717) is 23.4 Å². The summed E-state index contributed by atoms with van der Waals surface area (Å²) in [5.41, 5.74) is 10.7. The third kappa shape index (κ3) is 7.46. The van der Waals surface area contributed by atoms with E-state index < -0.39 is 0 Å². The lowest BCUT2D eigenvalue weighted by Gasteiger charge is -2.45. The first-order valence-electron chi connectivity index (χ1n) is 13.1. The van der Waals surface area contributed by atoms with E-state index in [9.17, 15) is 0 Å². The highest BCUT2D eigenvalue weighted by Crippen LogP contribution is 2.40. The number of pyridine rings is 2. The smallest absolute Gasteiger partial charge is 0.126 e. The zero-order chi connectivity index (χ0) is 26.9. The second-order valence-corrected chi connectivity index (χ2v) is 10.6. The summed E-state index contributed by atoms with van der Waals surface area (Å²) in [6.45, 7) is 6.86. The molecule has 1 fully saturated rings. The van der Waals surface area contributed by atoms with Gasteiger partial charge in [-0.1, -0.05) is 29.8 Å². The van der Waals surface area contributed by atoms with Crippen molar-refractivity contribution in [3.05, 3.63) is 88.5 Å². The Morgan fingerprint density at radius 3 is 2.76 bits per heavy atom. The molecule has 0 aliphatic carbocycles. The Labute approximate surface area is 236 Å². The van der Waals surface area contributed by atoms with Gasteiger partial charge in [-0.25, -0.2) is 0 Å². The fourth-order valence-corrected chi connectivity index (χ4v) is 5.35. The molecule has 0 amide bonds. The second-order valence-electron chi connectivity index (χ2n) is 9.82. The van der Waals surface area contributed by atoms with Gasteiger partial charge >= 0.3 is 0 Å². The van der Waals surface area contributed by atoms with Crippen LogP contribution < -0.4 is 10.5 Å². The summed E-state index contributed by atoms with van der Waals surface area (Å²) in [4.78, 5) is 13.7. The van der Waals surface area contributed by atoms with Crippen molar-refractivity contribution in [2.75, 3.05) is 45.6 Å². The van der Waals surface area contributed by atoms with E-state index in [0.717, 1.165) is 61.8 Å². The topological polar surface area (TPSA) is 76.7 Å². The van der Waals surface area contributed by atoms with Gasteiger partial charge in [0.15, 0.2) is 0 Å². The van der Waals surface area contributed by atoms with Crippen molar-refractivity contribution in [3.8, 4) is 5.75 Å². The molecule has 1 aromatic carbocycles. The molecule has 38 heavy (non-hydrogen) atoms. The largest absolute Gasteiger partial charge is 0.488 e. The monoisotopic (exact) mass is 555 g/mol. The van der Waals surface area contributed by atoms with Crippen molar-refractivity contribution >= 4 is 24.2 Å². The standard InChI is InChI=1S/C23H31ClN4O2S.C6H7N/c1-29-10-6-19-13-28(9-8-27(19)12-18(25)15-31)23-20-5-4-17(24)11-21(20)30-14-16-3-2-7-26-22(16)23;1-6-3-2-4-7-5-6/h2-5,7,11,18-19,23,31H,6,8-10,12-15,25H2,1H3;2-5H,1H3/t18-,19+,23?;/m1./s1. The van der Waals surface area contributed by atoms with Crippen molar-refractivity contribution < 1.29 is 9.47 Å². The van der Waals surface area contributed by atoms with Crippen molar-refractivity contribution in [2.45, 2.75) is 38.1 Å². The van der Waals surface area contributed by atoms with Crippen LogP contribution in [-0.4, -0.2) is 77.5 Å². The quantitative estimate of drug-likeness (QED) is 0.419. The number of aryl methyl sites for hydroxylation is 1. The Morgan fingerprint density at radius 1 is 1.21 bits per heavy atom. The maximum Gasteiger partial charge on any atom is 0.126 e. The predicted molar refractivity (Wildman–Crippen MR) is 156 cm³/mol. The minimum absolute atomic E-state index is 0.0247. The molecule has 0 bridgehead atoms. The van der Waals surface area contributed by atoms with Crippen LogP contribution in [0.2, 0.25) is 5.02 Å². The number of methoxy groups -OCH3 is 1. The zero-order valence-corrected chi connectivity index (χ0v) is 23.8. The highest BCUT2D eigenvalue weighted by molar-refractivity contribution is 7.80. The zero-order valence-electron chi connectivity index (χ0n) is 22.2. The molecular formula is C29H38ClN5O2S. The fraction of sp³-hybridized carbons (Fsp3) is 0.448. The third-order valence-corrected chi connectivity index (χ3v) is 7.71. The summed E-state index contributed by atoms with van der Waals surface area (Å²) in [5, 5.41) is 0.681. The van der Waals surface area contributed by atoms with Gasteiger partial charge in [0, 0.05) is 92.5 Å². The number of halogens is 1. The van der Waals surface area contributed by atoms with Crippen LogP contribution in [0.1, 0.15) is 34.8 Å². The molecule has 3 atom stereocenters. The molecule has 5 rings (SSSR count). The molecule has 2 aliphatic heterocycles. The van der Waals surface area contributed by atoms with Crippen molar-refractivity contribution in [1.29, 1.82) is 0 Å². The van der Waals surface area contributed by atoms with Gasteiger partial charge in [0.05, 0.1) is 11.7 Å². The number of benzene rings is 1. The van der Waals surface area contributed by atoms with Crippen LogP contribution in [0, 0.1) is 6.92 Å². The van der Waals surface area contributed by atoms with E-state index in [-0.39, 0.29) is 12.1 Å². The Balaban J connectivity index is 0.000000417. The molecule has 1 unspecified atom stereocenters. The number of nitrogens with zero attached hydrogens (tertiary/aromatic N) is 4. The highest BCUT2D eigenvalue weighted by Gasteiger charge is 2.36. The van der Waals surface area contributed by atoms with Crippen LogP contribution in [-0.2, 0) is 11.3 Å². The Bertz CT molecular complexity index is 1150. The number of aromatic nitrogens is 2. The molecule has 204 valence electrons. The van der Waals surface area contributed by atoms with Crippen molar-refractivity contribution in [2.24, 2.45) is 5.73 Å². The molecule has 7 nitrogen and oxygen atoms in total. The summed E-state index contributed by atoms with van der Waals surface area (Å²) in [6.07, 6.45) is 6.43. The SMILES string of the molecule is COCC[C@H]1CN(C2c3ccc(Cl)cc3OCc3cccnc32)CCN1C[C@@H](N)CS.Cc1cccnc1. The number of hydrogen-bond acceptors (Lipinski definition) is 8. The van der Waals surface area contributed by atoms with Crippen LogP contribution in [0.3, 0.4) is 0 Å². The number of ether oxygens (including phenoxy) is 2. The van der Waals surface area contributed by atoms with Gasteiger partial charge in [0.25, 0.3) is 0 Å². The maximum atomic E-state index is 6.29. The normalized spacial score (nSPS) is 20.2. The van der Waals surface area contributed by atoms with Gasteiger partial charge in [0.2, 0.25) is 0 Å². The van der Waals surface area contributed by atoms with E-state index in [4.69, 9.17) is 31.8 Å². The van der Waals surface area contributed by atoms with E-state index in [1.165, 1.54) is 5.56 Å². The highest BCUT2D eigenvalue weighted by atomic mass is 35.5. The number of piperazine rings is 1. The van der Waals surface area contributed by atoms with Gasteiger partial charge < -0.3 is 15.2 Å². The fourth-order valence-electron chi connectivity index (χ4n) is 5.08. The van der Waals surface area contributed by atoms with E-state index >= 15 is 0 Å². The summed E-state index contributed by atoms with van der Waals surface area (Å²) < 4.78 is 11.6. The molecule has 0 radical (unpaired) electrons. The van der Waals surface area contributed by atoms with Crippen molar-refractivity contribution in [3.63, 3.8) is 0 Å². The number of thiol groups is 1. The van der Waals surface area contributed by atoms with E-state index in [2.05, 4.69) is 39.5 Å². The number of hydrogen-bond donors (Lipinski definition) is 2. The predicted octanol–water partition coefficient (Wildman–Crippen LogP) is 4.39. The van der Waals surface area contributed by atoms with E-state index in [1.807, 2.05) is 49.6 Å². The second kappa shape index (κ2) is 14.3. The minimum atomic E-state index is 0.0247. The first-order chi connectivity index (χ1) is 18.5. The van der Waals surface area contributed by atoms with Crippen LogP contribution in [0.5, 0.6) is 5.75 Å². The molecule has 9 heteroatoms. The van der Waals surface area contributed by atoms with Gasteiger partial charge in [0.1, 0.15) is 12.4 Å².